The van der Waals surface area contributed by atoms with Gasteiger partial charge in [0.15, 0.2) is 0 Å². The Morgan fingerprint density at radius 1 is 1.29 bits per heavy atom. The summed E-state index contributed by atoms with van der Waals surface area (Å²) in [6.45, 7) is -0.228. The molecule has 4 N–H and O–H groups in total. The lowest BCUT2D eigenvalue weighted by atomic mass is 10.3. The Hall–Kier alpha value is -2.27. The molecule has 0 aromatic carbocycles. The van der Waals surface area contributed by atoms with E-state index in [1.54, 1.807) is 0 Å². The highest BCUT2D eigenvalue weighted by Crippen LogP contribution is 2.04. The Morgan fingerprint density at radius 2 is 1.81 bits per heavy atom. The minimum atomic E-state index is -4.51. The predicted molar refractivity (Wildman–Crippen MR) is 68.0 cm³/mol. The van der Waals surface area contributed by atoms with Gasteiger partial charge < -0.3 is 11.1 Å². The molecule has 0 fully saturated rings. The summed E-state index contributed by atoms with van der Waals surface area (Å²) in [6.07, 6.45) is 1.75. The summed E-state index contributed by atoms with van der Waals surface area (Å²) in [5.74, 6) is -4.14. The number of primary amides is 1. The first-order chi connectivity index (χ1) is 9.60. The van der Waals surface area contributed by atoms with Gasteiger partial charge in [0, 0.05) is 25.1 Å². The first-order valence-electron chi connectivity index (χ1n) is 5.67. The summed E-state index contributed by atoms with van der Waals surface area (Å²) in [7, 11) is -4.51. The number of carbonyl (C=O) groups excluding carboxylic acids is 4. The van der Waals surface area contributed by atoms with Crippen molar-refractivity contribution in [3.05, 3.63) is 12.2 Å². The summed E-state index contributed by atoms with van der Waals surface area (Å²) >= 11 is 0. The molecule has 0 saturated heterocycles. The Balaban J connectivity index is 2.53. The van der Waals surface area contributed by atoms with Gasteiger partial charge in [-0.05, 0) is 0 Å². The van der Waals surface area contributed by atoms with Crippen molar-refractivity contribution in [2.45, 2.75) is 12.5 Å². The first-order valence-corrected chi connectivity index (χ1v) is 7.28. The average molecular weight is 319 g/mol. The molecule has 0 spiro atoms. The third-order valence-corrected chi connectivity index (χ3v) is 3.27. The lowest BCUT2D eigenvalue weighted by Gasteiger charge is -2.16. The number of hydrogen-bond donors (Lipinski definition) is 3. The standard InChI is InChI=1S/C10H13N3O7S/c11-10(17)6(5-21(18,19)20)12-7(14)3-4-13-8(15)1-2-9(13)16/h1-2,6H,3-5H2,(H2,11,17)(H,12,14)(H,18,19,20). The molecule has 0 aromatic heterocycles. The molecular formula is C10H13N3O7S. The second-order valence-electron chi connectivity index (χ2n) is 4.18. The van der Waals surface area contributed by atoms with Crippen molar-refractivity contribution in [2.24, 2.45) is 5.73 Å². The molecule has 1 aliphatic heterocycles. The molecule has 11 heteroatoms. The molecule has 10 nitrogen and oxygen atoms in total. The molecule has 1 heterocycles. The lowest BCUT2D eigenvalue weighted by Crippen LogP contribution is -2.49. The van der Waals surface area contributed by atoms with Crippen LogP contribution in [0.15, 0.2) is 12.2 Å². The Bertz CT molecular complexity index is 592. The normalized spacial score (nSPS) is 16.1. The van der Waals surface area contributed by atoms with Crippen molar-refractivity contribution in [2.75, 3.05) is 12.3 Å². The number of carbonyl (C=O) groups is 4. The van der Waals surface area contributed by atoms with Crippen LogP contribution in [0.25, 0.3) is 0 Å². The zero-order valence-electron chi connectivity index (χ0n) is 10.7. The van der Waals surface area contributed by atoms with Crippen molar-refractivity contribution in [1.82, 2.24) is 10.2 Å². The fourth-order valence-corrected chi connectivity index (χ4v) is 2.21. The van der Waals surface area contributed by atoms with Crippen molar-refractivity contribution in [3.8, 4) is 0 Å². The number of amides is 4. The molecule has 0 bridgehead atoms. The zero-order valence-corrected chi connectivity index (χ0v) is 11.5. The number of nitrogens with one attached hydrogen (secondary N) is 1. The molecule has 1 atom stereocenters. The molecule has 0 radical (unpaired) electrons. The minimum absolute atomic E-state index is 0.228. The molecule has 116 valence electrons. The summed E-state index contributed by atoms with van der Waals surface area (Å²) in [4.78, 5) is 45.8. The van der Waals surface area contributed by atoms with E-state index in [1.165, 1.54) is 0 Å². The van der Waals surface area contributed by atoms with Crippen LogP contribution in [0.1, 0.15) is 6.42 Å². The van der Waals surface area contributed by atoms with Crippen LogP contribution in [-0.4, -0.2) is 59.8 Å². The van der Waals surface area contributed by atoms with Crippen LogP contribution >= 0.6 is 0 Å². The molecular weight excluding hydrogens is 306 g/mol. The summed E-state index contributed by atoms with van der Waals surface area (Å²) in [5.41, 5.74) is 4.90. The SMILES string of the molecule is NC(=O)C(CS(=O)(=O)O)NC(=O)CCN1C(=O)C=CC1=O. The van der Waals surface area contributed by atoms with Gasteiger partial charge in [-0.15, -0.1) is 0 Å². The molecule has 0 saturated carbocycles. The van der Waals surface area contributed by atoms with E-state index in [4.69, 9.17) is 10.3 Å². The largest absolute Gasteiger partial charge is 0.368 e. The molecule has 1 unspecified atom stereocenters. The topological polar surface area (TPSA) is 164 Å². The van der Waals surface area contributed by atoms with E-state index in [0.29, 0.717) is 0 Å². The Labute approximate surface area is 119 Å². The fourth-order valence-electron chi connectivity index (χ4n) is 1.54. The van der Waals surface area contributed by atoms with Gasteiger partial charge in [0.1, 0.15) is 11.8 Å². The Kier molecular flexibility index (Phi) is 5.16. The van der Waals surface area contributed by atoms with E-state index in [-0.39, 0.29) is 13.0 Å². The summed E-state index contributed by atoms with van der Waals surface area (Å²) < 4.78 is 30.0. The van der Waals surface area contributed by atoms with E-state index in [1.807, 2.05) is 5.32 Å². The van der Waals surface area contributed by atoms with Crippen LogP contribution < -0.4 is 11.1 Å². The van der Waals surface area contributed by atoms with E-state index in [0.717, 1.165) is 17.1 Å². The first kappa shape index (κ1) is 16.8. The number of rotatable bonds is 7. The molecule has 1 aliphatic rings. The van der Waals surface area contributed by atoms with Gasteiger partial charge in [0.25, 0.3) is 21.9 Å². The van der Waals surface area contributed by atoms with Crippen LogP contribution in [0.2, 0.25) is 0 Å². The highest BCUT2D eigenvalue weighted by Gasteiger charge is 2.26. The molecule has 1 rings (SSSR count). The van der Waals surface area contributed by atoms with Crippen molar-refractivity contribution < 1.29 is 32.1 Å². The molecule has 21 heavy (non-hydrogen) atoms. The minimum Gasteiger partial charge on any atom is -0.368 e. The summed E-state index contributed by atoms with van der Waals surface area (Å²) in [6, 6.07) is -1.60. The van der Waals surface area contributed by atoms with Gasteiger partial charge in [-0.25, -0.2) is 0 Å². The predicted octanol–water partition coefficient (Wildman–Crippen LogP) is -2.84. The average Bonchev–Trinajstić information content (AvgIpc) is 2.64. The van der Waals surface area contributed by atoms with E-state index in [9.17, 15) is 27.6 Å². The van der Waals surface area contributed by atoms with Crippen molar-refractivity contribution >= 4 is 33.7 Å². The molecule has 4 amide bonds. The number of imide groups is 1. The maximum absolute atomic E-state index is 11.5. The maximum Gasteiger partial charge on any atom is 0.267 e. The summed E-state index contributed by atoms with van der Waals surface area (Å²) in [5, 5.41) is 2.00. The van der Waals surface area contributed by atoms with Gasteiger partial charge in [-0.2, -0.15) is 8.42 Å². The third kappa shape index (κ3) is 5.31. The number of nitrogens with zero attached hydrogens (tertiary/aromatic N) is 1. The van der Waals surface area contributed by atoms with Crippen LogP contribution in [-0.2, 0) is 29.3 Å². The van der Waals surface area contributed by atoms with Gasteiger partial charge in [-0.3, -0.25) is 28.6 Å². The van der Waals surface area contributed by atoms with Crippen molar-refractivity contribution in [3.63, 3.8) is 0 Å². The van der Waals surface area contributed by atoms with E-state index < -0.39 is 45.5 Å². The monoisotopic (exact) mass is 319 g/mol. The second kappa shape index (κ2) is 6.45. The lowest BCUT2D eigenvalue weighted by molar-refractivity contribution is -0.137. The van der Waals surface area contributed by atoms with E-state index >= 15 is 0 Å². The van der Waals surface area contributed by atoms with Gasteiger partial charge >= 0.3 is 0 Å². The molecule has 0 aromatic rings. The van der Waals surface area contributed by atoms with E-state index in [2.05, 4.69) is 0 Å². The highest BCUT2D eigenvalue weighted by molar-refractivity contribution is 7.85. The van der Waals surface area contributed by atoms with Crippen LogP contribution in [0.5, 0.6) is 0 Å². The quantitative estimate of drug-likeness (QED) is 0.336. The number of hydrogen-bond acceptors (Lipinski definition) is 6. The fraction of sp³-hybridized carbons (Fsp3) is 0.400. The van der Waals surface area contributed by atoms with Crippen LogP contribution in [0.4, 0.5) is 0 Å². The molecule has 0 aliphatic carbocycles. The Morgan fingerprint density at radius 3 is 2.24 bits per heavy atom. The van der Waals surface area contributed by atoms with Crippen LogP contribution in [0.3, 0.4) is 0 Å². The maximum atomic E-state index is 11.5. The van der Waals surface area contributed by atoms with Crippen LogP contribution in [0, 0.1) is 0 Å². The van der Waals surface area contributed by atoms with Crippen molar-refractivity contribution in [1.29, 1.82) is 0 Å². The number of nitrogens with two attached hydrogens (primary N) is 1. The smallest absolute Gasteiger partial charge is 0.267 e. The van der Waals surface area contributed by atoms with Gasteiger partial charge in [0.05, 0.1) is 0 Å². The van der Waals surface area contributed by atoms with Gasteiger partial charge in [0.2, 0.25) is 11.8 Å². The van der Waals surface area contributed by atoms with Gasteiger partial charge in [-0.1, -0.05) is 0 Å². The third-order valence-electron chi connectivity index (χ3n) is 2.52. The zero-order chi connectivity index (χ0) is 16.2. The highest BCUT2D eigenvalue weighted by atomic mass is 32.2. The second-order valence-corrected chi connectivity index (χ2v) is 5.68.